The molecule has 0 radical (unpaired) electrons. The number of alkyl halides is 1. The van der Waals surface area contributed by atoms with E-state index in [2.05, 4.69) is 31.2 Å². The Balaban J connectivity index is 2.85. The van der Waals surface area contributed by atoms with Gasteiger partial charge in [-0.25, -0.2) is 4.98 Å². The van der Waals surface area contributed by atoms with Gasteiger partial charge in [0.1, 0.15) is 10.3 Å². The lowest BCUT2D eigenvalue weighted by molar-refractivity contribution is 1.07. The van der Waals surface area contributed by atoms with Crippen LogP contribution < -0.4 is 10.9 Å². The molecule has 12 heavy (non-hydrogen) atoms. The third kappa shape index (κ3) is 2.22. The summed E-state index contributed by atoms with van der Waals surface area (Å²) < 4.78 is 0.398. The molecule has 6 heteroatoms. The third-order valence-electron chi connectivity index (χ3n) is 1.18. The molecule has 0 amide bonds. The number of aromatic amines is 1. The highest BCUT2D eigenvalue weighted by Crippen LogP contribution is 2.12. The van der Waals surface area contributed by atoms with Gasteiger partial charge in [-0.2, -0.15) is 0 Å². The maximum Gasteiger partial charge on any atom is 0.267 e. The van der Waals surface area contributed by atoms with Crippen molar-refractivity contribution in [2.75, 3.05) is 17.7 Å². The van der Waals surface area contributed by atoms with E-state index in [1.54, 1.807) is 0 Å². The fraction of sp³-hybridized carbons (Fsp3) is 0.333. The second kappa shape index (κ2) is 4.47. The number of hydrogen-bond donors (Lipinski definition) is 2. The zero-order valence-corrected chi connectivity index (χ0v) is 8.44. The predicted octanol–water partition coefficient (Wildman–Crippen LogP) is 1.18. The van der Waals surface area contributed by atoms with E-state index in [1.165, 1.54) is 6.33 Å². The van der Waals surface area contributed by atoms with Gasteiger partial charge in [0.25, 0.3) is 5.56 Å². The molecule has 0 spiro atoms. The molecule has 1 aromatic rings. The largest absolute Gasteiger partial charge is 0.368 e. The van der Waals surface area contributed by atoms with Gasteiger partial charge in [0.2, 0.25) is 0 Å². The van der Waals surface area contributed by atoms with Gasteiger partial charge in [-0.05, 0) is 15.9 Å². The monoisotopic (exact) mass is 251 g/mol. The molecule has 1 heterocycles. The lowest BCUT2D eigenvalue weighted by atomic mass is 10.5. The van der Waals surface area contributed by atoms with E-state index in [1.807, 2.05) is 0 Å². The smallest absolute Gasteiger partial charge is 0.267 e. The number of anilines is 1. The number of hydrogen-bond acceptors (Lipinski definition) is 3. The quantitative estimate of drug-likeness (QED) is 0.794. The molecule has 0 unspecified atom stereocenters. The van der Waals surface area contributed by atoms with Crippen LogP contribution in [0.15, 0.2) is 15.6 Å². The minimum atomic E-state index is -0.206. The summed E-state index contributed by atoms with van der Waals surface area (Å²) in [5.41, 5.74) is -0.206. The zero-order chi connectivity index (χ0) is 8.97. The van der Waals surface area contributed by atoms with Gasteiger partial charge in [-0.15, -0.1) is 11.6 Å². The average Bonchev–Trinajstić information content (AvgIpc) is 2.08. The van der Waals surface area contributed by atoms with Crippen molar-refractivity contribution in [3.63, 3.8) is 0 Å². The van der Waals surface area contributed by atoms with Crippen molar-refractivity contribution < 1.29 is 0 Å². The van der Waals surface area contributed by atoms with Crippen molar-refractivity contribution in [3.05, 3.63) is 21.2 Å². The second-order valence-electron chi connectivity index (χ2n) is 2.01. The Hall–Kier alpha value is -0.550. The van der Waals surface area contributed by atoms with Crippen LogP contribution in [-0.2, 0) is 0 Å². The fourth-order valence-corrected chi connectivity index (χ4v) is 1.12. The molecule has 1 rings (SSSR count). The first-order chi connectivity index (χ1) is 5.75. The molecule has 2 N–H and O–H groups in total. The number of nitrogens with one attached hydrogen (secondary N) is 2. The first-order valence-corrected chi connectivity index (χ1v) is 4.61. The van der Waals surface area contributed by atoms with Gasteiger partial charge in [0.15, 0.2) is 0 Å². The van der Waals surface area contributed by atoms with E-state index >= 15 is 0 Å². The molecule has 0 aliphatic carbocycles. The lowest BCUT2D eigenvalue weighted by Crippen LogP contribution is -2.13. The molecule has 0 atom stereocenters. The highest BCUT2D eigenvalue weighted by Gasteiger charge is 2.02. The van der Waals surface area contributed by atoms with Gasteiger partial charge >= 0.3 is 0 Å². The Bertz CT molecular complexity index is 314. The fourth-order valence-electron chi connectivity index (χ4n) is 0.672. The normalized spacial score (nSPS) is 9.83. The summed E-state index contributed by atoms with van der Waals surface area (Å²) in [4.78, 5) is 17.3. The predicted molar refractivity (Wildman–Crippen MR) is 51.8 cm³/mol. The summed E-state index contributed by atoms with van der Waals surface area (Å²) in [7, 11) is 0. The molecule has 4 nitrogen and oxygen atoms in total. The number of aromatic nitrogens is 2. The minimum absolute atomic E-state index is 0.206. The van der Waals surface area contributed by atoms with E-state index in [9.17, 15) is 4.79 Å². The van der Waals surface area contributed by atoms with Gasteiger partial charge in [-0.3, -0.25) is 4.79 Å². The summed E-state index contributed by atoms with van der Waals surface area (Å²) in [6, 6.07) is 0. The topological polar surface area (TPSA) is 57.8 Å². The van der Waals surface area contributed by atoms with E-state index in [0.29, 0.717) is 22.7 Å². The Morgan fingerprint density at radius 2 is 2.50 bits per heavy atom. The Labute approximate surface area is 82.5 Å². The number of rotatable bonds is 3. The maximum atomic E-state index is 11.0. The molecule has 0 aliphatic heterocycles. The standard InChI is InChI=1S/C6H7BrClN3O/c7-4-5(9-2-1-8)10-3-11-6(4)12/h3H,1-2H2,(H2,9,10,11,12). The van der Waals surface area contributed by atoms with Crippen molar-refractivity contribution in [2.45, 2.75) is 0 Å². The van der Waals surface area contributed by atoms with Crippen molar-refractivity contribution in [1.29, 1.82) is 0 Å². The molecule has 0 bridgehead atoms. The summed E-state index contributed by atoms with van der Waals surface area (Å²) in [5, 5.41) is 2.89. The van der Waals surface area contributed by atoms with Crippen LogP contribution in [0.2, 0.25) is 0 Å². The summed E-state index contributed by atoms with van der Waals surface area (Å²) in [6.45, 7) is 0.580. The van der Waals surface area contributed by atoms with Crippen LogP contribution in [0.3, 0.4) is 0 Å². The lowest BCUT2D eigenvalue weighted by Gasteiger charge is -2.02. The van der Waals surface area contributed by atoms with Crippen LogP contribution in [0.1, 0.15) is 0 Å². The second-order valence-corrected chi connectivity index (χ2v) is 3.18. The van der Waals surface area contributed by atoms with E-state index < -0.39 is 0 Å². The van der Waals surface area contributed by atoms with Crippen LogP contribution in [0.4, 0.5) is 5.82 Å². The van der Waals surface area contributed by atoms with Crippen molar-refractivity contribution >= 4 is 33.3 Å². The first-order valence-electron chi connectivity index (χ1n) is 3.28. The molecular weight excluding hydrogens is 245 g/mol. The van der Waals surface area contributed by atoms with Crippen molar-refractivity contribution in [1.82, 2.24) is 9.97 Å². The van der Waals surface area contributed by atoms with Crippen LogP contribution in [0.25, 0.3) is 0 Å². The minimum Gasteiger partial charge on any atom is -0.368 e. The summed E-state index contributed by atoms with van der Waals surface area (Å²) >= 11 is 8.55. The molecule has 0 saturated carbocycles. The third-order valence-corrected chi connectivity index (χ3v) is 2.11. The molecule has 0 aliphatic rings. The highest BCUT2D eigenvalue weighted by atomic mass is 79.9. The van der Waals surface area contributed by atoms with E-state index in [-0.39, 0.29) is 5.56 Å². The Morgan fingerprint density at radius 1 is 1.75 bits per heavy atom. The number of H-pyrrole nitrogens is 1. The summed E-state index contributed by atoms with van der Waals surface area (Å²) in [6.07, 6.45) is 1.34. The van der Waals surface area contributed by atoms with Crippen LogP contribution in [0.5, 0.6) is 0 Å². The molecular formula is C6H7BrClN3O. The first kappa shape index (κ1) is 9.54. The molecule has 66 valence electrons. The maximum absolute atomic E-state index is 11.0. The van der Waals surface area contributed by atoms with Gasteiger partial charge in [-0.1, -0.05) is 0 Å². The van der Waals surface area contributed by atoms with Crippen molar-refractivity contribution in [3.8, 4) is 0 Å². The Kier molecular flexibility index (Phi) is 3.55. The zero-order valence-electron chi connectivity index (χ0n) is 6.10. The van der Waals surface area contributed by atoms with Gasteiger partial charge in [0.05, 0.1) is 6.33 Å². The molecule has 1 aromatic heterocycles. The van der Waals surface area contributed by atoms with Gasteiger partial charge < -0.3 is 10.3 Å². The number of halogens is 2. The van der Waals surface area contributed by atoms with E-state index in [4.69, 9.17) is 11.6 Å². The highest BCUT2D eigenvalue weighted by molar-refractivity contribution is 9.10. The SMILES string of the molecule is O=c1[nH]cnc(NCCCl)c1Br. The van der Waals surface area contributed by atoms with Crippen LogP contribution in [-0.4, -0.2) is 22.4 Å². The van der Waals surface area contributed by atoms with Crippen molar-refractivity contribution in [2.24, 2.45) is 0 Å². The molecule has 0 aromatic carbocycles. The average molecular weight is 252 g/mol. The van der Waals surface area contributed by atoms with Crippen LogP contribution in [0, 0.1) is 0 Å². The summed E-state index contributed by atoms with van der Waals surface area (Å²) in [5.74, 6) is 0.986. The Morgan fingerprint density at radius 3 is 3.17 bits per heavy atom. The van der Waals surface area contributed by atoms with E-state index in [0.717, 1.165) is 0 Å². The molecule has 0 saturated heterocycles. The molecule has 0 fully saturated rings. The number of nitrogens with zero attached hydrogens (tertiary/aromatic N) is 1. The van der Waals surface area contributed by atoms with Gasteiger partial charge in [0, 0.05) is 12.4 Å². The van der Waals surface area contributed by atoms with Crippen LogP contribution >= 0.6 is 27.5 Å².